The molecule has 286 valence electrons. The number of hydrogen-bond acceptors (Lipinski definition) is 9. The number of likely N-dealkylation sites (tertiary alicyclic amines) is 1. The van der Waals surface area contributed by atoms with Gasteiger partial charge in [-0.3, -0.25) is 18.6 Å². The van der Waals surface area contributed by atoms with Gasteiger partial charge in [-0.05, 0) is 72.1 Å². The standard InChI is InChI=1S/C40H39ClN4O7S3.Na/c41-30-10-13-35-33(24-30)43(17-4-3-16-42-37(47)15-20-45(19-14-34(45)40(48)49)31-11-8-27(26-46)9-12-31)38(53-35)25-39-44(18-5-21-55(50,51)52)32-22-28-6-1-2-7-29(28)23-36(32)54-39;/h1-2,6-13,22-26,34H,3-5,14-21H2,(H-2,42,47,48,49,50,51,52);/q;+1/p+1. The number of amides is 1. The third kappa shape index (κ3) is 9.35. The number of carbonyl (C=O) groups excluding carboxylic acids is 3. The average molecular weight is 843 g/mol. The van der Waals surface area contributed by atoms with Gasteiger partial charge in [0, 0.05) is 41.1 Å². The molecular weight excluding hydrogens is 803 g/mol. The van der Waals surface area contributed by atoms with E-state index in [1.165, 1.54) is 0 Å². The maximum absolute atomic E-state index is 13.0. The Morgan fingerprint density at radius 2 is 1.79 bits per heavy atom. The fourth-order valence-electron chi connectivity index (χ4n) is 7.50. The van der Waals surface area contributed by atoms with Crippen molar-refractivity contribution in [2.45, 2.75) is 49.6 Å². The Bertz CT molecular complexity index is 2430. The number of aromatic nitrogens is 1. The van der Waals surface area contributed by atoms with E-state index >= 15 is 0 Å². The monoisotopic (exact) mass is 842 g/mol. The van der Waals surface area contributed by atoms with Crippen LogP contribution in [-0.4, -0.2) is 69.1 Å². The van der Waals surface area contributed by atoms with E-state index in [0.29, 0.717) is 56.2 Å². The number of fused-ring (bicyclic) bond motifs is 3. The maximum atomic E-state index is 13.0. The van der Waals surface area contributed by atoms with Crippen molar-refractivity contribution >= 4 is 101 Å². The molecule has 11 nitrogen and oxygen atoms in total. The van der Waals surface area contributed by atoms with Gasteiger partial charge in [0.2, 0.25) is 11.4 Å². The average Bonchev–Trinajstić information content (AvgIpc) is 3.65. The van der Waals surface area contributed by atoms with Gasteiger partial charge >= 0.3 is 29.6 Å². The zero-order valence-electron chi connectivity index (χ0n) is 30.9. The van der Waals surface area contributed by atoms with Gasteiger partial charge in [-0.1, -0.05) is 59.0 Å². The summed E-state index contributed by atoms with van der Waals surface area (Å²) in [6.45, 7) is 2.40. The van der Waals surface area contributed by atoms with Gasteiger partial charge < -0.3 is 20.1 Å². The maximum Gasteiger partial charge on any atom is 1.00 e. The smallest absolute Gasteiger partial charge is 0.544 e. The molecule has 2 aliphatic rings. The Labute approximate surface area is 361 Å². The van der Waals surface area contributed by atoms with E-state index in [9.17, 15) is 32.5 Å². The van der Waals surface area contributed by atoms with E-state index in [-0.39, 0.29) is 58.5 Å². The third-order valence-corrected chi connectivity index (χ3v) is 13.7. The Morgan fingerprint density at radius 3 is 2.46 bits per heavy atom. The molecule has 2 atom stereocenters. The van der Waals surface area contributed by atoms with E-state index in [0.717, 1.165) is 60.0 Å². The van der Waals surface area contributed by atoms with Gasteiger partial charge in [0.15, 0.2) is 6.54 Å². The summed E-state index contributed by atoms with van der Waals surface area (Å²) in [5.41, 5.74) is 3.23. The SMILES string of the molecule is O=Cc1ccc([N+]2(CCC(=O)NCCCCN3/C(=C/c4sc5cc6ccccc6cc5[n+]4CCCS(=O)(=O)O)Sc4ccc(Cl)cc43)CCC2C(=O)[O-])cc1.[Na+]. The molecule has 0 radical (unpaired) electrons. The predicted molar refractivity (Wildman–Crippen MR) is 217 cm³/mol. The topological polar surface area (TPSA) is 148 Å². The van der Waals surface area contributed by atoms with Crippen LogP contribution in [0.5, 0.6) is 0 Å². The van der Waals surface area contributed by atoms with Gasteiger partial charge in [-0.15, -0.1) is 0 Å². The number of carboxylic acid groups (broad SMARTS) is 1. The van der Waals surface area contributed by atoms with Crippen molar-refractivity contribution in [1.29, 1.82) is 0 Å². The van der Waals surface area contributed by atoms with E-state index < -0.39 is 22.1 Å². The molecular formula is C40H40ClN4NaO7S3+2. The van der Waals surface area contributed by atoms with Crippen molar-refractivity contribution < 1.29 is 66.6 Å². The minimum Gasteiger partial charge on any atom is -0.544 e. The summed E-state index contributed by atoms with van der Waals surface area (Å²) >= 11 is 9.73. The summed E-state index contributed by atoms with van der Waals surface area (Å²) in [5, 5.41) is 19.7. The van der Waals surface area contributed by atoms with Crippen molar-refractivity contribution in [3.8, 4) is 0 Å². The molecule has 1 amide bonds. The second kappa shape index (κ2) is 18.1. The molecule has 1 saturated heterocycles. The van der Waals surface area contributed by atoms with E-state index in [2.05, 4.69) is 45.1 Å². The second-order valence-corrected chi connectivity index (χ2v) is 18.0. The number of nitrogens with zero attached hydrogens (tertiary/aromatic N) is 3. The molecule has 16 heteroatoms. The van der Waals surface area contributed by atoms with Crippen LogP contribution in [0.2, 0.25) is 5.02 Å². The van der Waals surface area contributed by atoms with Crippen LogP contribution in [0.4, 0.5) is 11.4 Å². The molecule has 0 saturated carbocycles. The Balaban J connectivity index is 0.00000532. The zero-order chi connectivity index (χ0) is 38.7. The first kappa shape index (κ1) is 42.3. The van der Waals surface area contributed by atoms with Gasteiger partial charge in [0.25, 0.3) is 15.1 Å². The zero-order valence-corrected chi connectivity index (χ0v) is 36.1. The van der Waals surface area contributed by atoms with Crippen LogP contribution in [0, 0.1) is 0 Å². The molecule has 2 N–H and O–H groups in total. The number of hydrogen-bond donors (Lipinski definition) is 2. The molecule has 1 aromatic heterocycles. The summed E-state index contributed by atoms with van der Waals surface area (Å²) in [7, 11) is -4.11. The number of carboxylic acids is 1. The molecule has 4 aromatic carbocycles. The van der Waals surface area contributed by atoms with Gasteiger partial charge in [-0.25, -0.2) is 0 Å². The number of rotatable bonds is 16. The summed E-state index contributed by atoms with van der Waals surface area (Å²) in [6.07, 6.45) is 5.20. The van der Waals surface area contributed by atoms with Crippen molar-refractivity contribution in [3.05, 3.63) is 99.5 Å². The first-order valence-corrected chi connectivity index (χ1v) is 21.7. The van der Waals surface area contributed by atoms with E-state index in [4.69, 9.17) is 11.6 Å². The van der Waals surface area contributed by atoms with Crippen LogP contribution < -0.4 is 53.9 Å². The number of benzene rings is 4. The fraction of sp³-hybridized carbons (Fsp3) is 0.300. The third-order valence-electron chi connectivity index (χ3n) is 10.4. The molecule has 2 aliphatic heterocycles. The quantitative estimate of drug-likeness (QED) is 0.0383. The molecule has 7 rings (SSSR count). The number of unbranched alkanes of at least 4 members (excludes halogenated alkanes) is 1. The number of nitrogens with one attached hydrogen (secondary N) is 1. The molecule has 3 heterocycles. The molecule has 56 heavy (non-hydrogen) atoms. The largest absolute Gasteiger partial charge is 1.00 e. The molecule has 1 fully saturated rings. The number of thiazole rings is 1. The van der Waals surface area contributed by atoms with Crippen LogP contribution in [0.1, 0.15) is 47.5 Å². The minimum absolute atomic E-state index is 0. The van der Waals surface area contributed by atoms with Crippen molar-refractivity contribution in [3.63, 3.8) is 0 Å². The number of aliphatic carboxylic acids is 1. The minimum atomic E-state index is -4.11. The van der Waals surface area contributed by atoms with E-state index in [1.807, 2.05) is 30.3 Å². The van der Waals surface area contributed by atoms with Crippen molar-refractivity contribution in [2.75, 3.05) is 36.8 Å². The Hall–Kier alpha value is -3.31. The predicted octanol–water partition coefficient (Wildman–Crippen LogP) is 2.82. The van der Waals surface area contributed by atoms with Crippen LogP contribution in [-0.2, 0) is 26.3 Å². The fourth-order valence-corrected chi connectivity index (χ4v) is 10.5. The first-order chi connectivity index (χ1) is 26.4. The van der Waals surface area contributed by atoms with E-state index in [1.54, 1.807) is 47.4 Å². The second-order valence-electron chi connectivity index (χ2n) is 13.9. The summed E-state index contributed by atoms with van der Waals surface area (Å²) < 4.78 is 35.9. The van der Waals surface area contributed by atoms with Crippen molar-refractivity contribution in [1.82, 2.24) is 9.80 Å². The number of aldehydes is 1. The van der Waals surface area contributed by atoms with Crippen LogP contribution in [0.25, 0.3) is 27.1 Å². The number of anilines is 1. The van der Waals surface area contributed by atoms with Gasteiger partial charge in [0.05, 0.1) is 54.4 Å². The normalized spacial score (nSPS) is 18.4. The number of quaternary nitrogens is 1. The van der Waals surface area contributed by atoms with Crippen LogP contribution >= 0.6 is 34.7 Å². The Kier molecular flexibility index (Phi) is 13.7. The first-order valence-electron chi connectivity index (χ1n) is 18.1. The summed E-state index contributed by atoms with van der Waals surface area (Å²) in [5.74, 6) is -1.63. The number of aryl methyl sites for hydroxylation is 1. The van der Waals surface area contributed by atoms with Gasteiger partial charge in [-0.2, -0.15) is 13.0 Å². The number of halogens is 1. The number of thioether (sulfide) groups is 1. The Morgan fingerprint density at radius 1 is 1.04 bits per heavy atom. The molecule has 0 bridgehead atoms. The molecule has 0 spiro atoms. The van der Waals surface area contributed by atoms with Gasteiger partial charge in [0.1, 0.15) is 22.7 Å². The summed E-state index contributed by atoms with van der Waals surface area (Å²) in [4.78, 5) is 39.4. The molecule has 2 unspecified atom stereocenters. The molecule has 0 aliphatic carbocycles. The molecule has 5 aromatic rings. The van der Waals surface area contributed by atoms with Crippen molar-refractivity contribution in [2.24, 2.45) is 0 Å². The summed E-state index contributed by atoms with van der Waals surface area (Å²) in [6, 6.07) is 24.3. The van der Waals surface area contributed by atoms with Crippen LogP contribution in [0.15, 0.2) is 88.8 Å². The number of carbonyl (C=O) groups is 3. The van der Waals surface area contributed by atoms with Crippen LogP contribution in [0.3, 0.4) is 0 Å².